The van der Waals surface area contributed by atoms with E-state index in [1.54, 1.807) is 0 Å². The van der Waals surface area contributed by atoms with Gasteiger partial charge in [0.2, 0.25) is 5.78 Å². The van der Waals surface area contributed by atoms with Crippen molar-refractivity contribution in [2.75, 3.05) is 0 Å². The van der Waals surface area contributed by atoms with Crippen molar-refractivity contribution in [3.05, 3.63) is 121 Å². The van der Waals surface area contributed by atoms with Crippen LogP contribution in [0.4, 0.5) is 0 Å². The summed E-state index contributed by atoms with van der Waals surface area (Å²) in [7, 11) is 0. The summed E-state index contributed by atoms with van der Waals surface area (Å²) >= 11 is 0. The summed E-state index contributed by atoms with van der Waals surface area (Å²) in [5.41, 5.74) is 9.39. The van der Waals surface area contributed by atoms with E-state index in [0.717, 1.165) is 56.0 Å². The van der Waals surface area contributed by atoms with E-state index in [0.29, 0.717) is 0 Å². The first-order chi connectivity index (χ1) is 16.9. The highest BCUT2D eigenvalue weighted by Gasteiger charge is 2.19. The summed E-state index contributed by atoms with van der Waals surface area (Å²) in [5, 5.41) is 0. The highest BCUT2D eigenvalue weighted by atomic mass is 15.2. The van der Waals surface area contributed by atoms with Gasteiger partial charge in [0.15, 0.2) is 0 Å². The van der Waals surface area contributed by atoms with Crippen LogP contribution in [-0.4, -0.2) is 18.9 Å². The van der Waals surface area contributed by atoms with E-state index in [1.165, 1.54) is 0 Å². The lowest BCUT2D eigenvalue weighted by Gasteiger charge is -2.06. The average molecular weight is 437 g/mol. The molecule has 3 aromatic heterocycles. The molecule has 7 aromatic rings. The lowest BCUT2D eigenvalue weighted by atomic mass is 10.1. The van der Waals surface area contributed by atoms with Crippen molar-refractivity contribution in [1.29, 1.82) is 0 Å². The van der Waals surface area contributed by atoms with Crippen molar-refractivity contribution in [3.8, 4) is 28.2 Å². The van der Waals surface area contributed by atoms with Crippen LogP contribution in [0.2, 0.25) is 0 Å². The molecule has 0 aliphatic heterocycles. The molecule has 160 valence electrons. The summed E-state index contributed by atoms with van der Waals surface area (Å²) in [6, 6.07) is 41.7. The summed E-state index contributed by atoms with van der Waals surface area (Å²) in [5.74, 6) is 0.897. The van der Waals surface area contributed by atoms with Crippen molar-refractivity contribution >= 4 is 27.8 Å². The molecule has 0 saturated carbocycles. The zero-order valence-electron chi connectivity index (χ0n) is 18.3. The molecule has 3 heterocycles. The third kappa shape index (κ3) is 2.79. The molecule has 0 N–H and O–H groups in total. The van der Waals surface area contributed by atoms with E-state index in [4.69, 9.17) is 9.97 Å². The molecule has 0 atom stereocenters. The quantitative estimate of drug-likeness (QED) is 0.295. The van der Waals surface area contributed by atoms with Gasteiger partial charge in [-0.1, -0.05) is 78.9 Å². The minimum atomic E-state index is 0.897. The van der Waals surface area contributed by atoms with Crippen LogP contribution in [0.3, 0.4) is 0 Å². The number of nitrogens with zero attached hydrogens (tertiary/aromatic N) is 4. The van der Waals surface area contributed by atoms with Gasteiger partial charge >= 0.3 is 0 Å². The number of pyridine rings is 1. The van der Waals surface area contributed by atoms with Gasteiger partial charge in [-0.15, -0.1) is 0 Å². The number of rotatable bonds is 3. The summed E-state index contributed by atoms with van der Waals surface area (Å²) in [6.45, 7) is 0. The number of hydrogen-bond donors (Lipinski definition) is 0. The first kappa shape index (κ1) is 18.8. The zero-order chi connectivity index (χ0) is 22.5. The highest BCUT2D eigenvalue weighted by Crippen LogP contribution is 2.33. The Labute approximate surface area is 196 Å². The van der Waals surface area contributed by atoms with E-state index in [9.17, 15) is 0 Å². The maximum atomic E-state index is 5.19. The Morgan fingerprint density at radius 2 is 1.12 bits per heavy atom. The Bertz CT molecular complexity index is 1790. The normalized spacial score (nSPS) is 11.5. The van der Waals surface area contributed by atoms with Gasteiger partial charge < -0.3 is 0 Å². The Hall–Kier alpha value is -4.70. The smallest absolute Gasteiger partial charge is 0.220 e. The van der Waals surface area contributed by atoms with E-state index >= 15 is 0 Å². The second kappa shape index (κ2) is 7.42. The zero-order valence-corrected chi connectivity index (χ0v) is 18.3. The molecule has 0 aliphatic rings. The number of hydrogen-bond acceptors (Lipinski definition) is 2. The fourth-order valence-electron chi connectivity index (χ4n) is 4.82. The third-order valence-electron chi connectivity index (χ3n) is 6.34. The van der Waals surface area contributed by atoms with Crippen LogP contribution in [0.1, 0.15) is 0 Å². The van der Waals surface area contributed by atoms with E-state index in [2.05, 4.69) is 106 Å². The molecule has 0 spiro atoms. The minimum absolute atomic E-state index is 0.897. The second-order valence-corrected chi connectivity index (χ2v) is 8.35. The summed E-state index contributed by atoms with van der Waals surface area (Å²) in [6.07, 6.45) is 0. The molecule has 0 unspecified atom stereocenters. The van der Waals surface area contributed by atoms with Crippen LogP contribution in [0, 0.1) is 0 Å². The van der Waals surface area contributed by atoms with Crippen molar-refractivity contribution in [3.63, 3.8) is 0 Å². The molecular formula is C30H20N4. The molecule has 0 amide bonds. The fourth-order valence-corrected chi connectivity index (χ4v) is 4.82. The Balaban J connectivity index is 1.52. The Kier molecular flexibility index (Phi) is 4.11. The average Bonchev–Trinajstić information content (AvgIpc) is 3.44. The lowest BCUT2D eigenvalue weighted by Crippen LogP contribution is -1.94. The predicted molar refractivity (Wildman–Crippen MR) is 138 cm³/mol. The summed E-state index contributed by atoms with van der Waals surface area (Å²) < 4.78 is 4.48. The molecule has 4 aromatic carbocycles. The van der Waals surface area contributed by atoms with Gasteiger partial charge in [-0.25, -0.2) is 9.97 Å². The molecule has 0 saturated heterocycles. The van der Waals surface area contributed by atoms with Crippen LogP contribution in [0.25, 0.3) is 56.0 Å². The number of imidazole rings is 2. The van der Waals surface area contributed by atoms with Gasteiger partial charge in [-0.05, 0) is 42.5 Å². The third-order valence-corrected chi connectivity index (χ3v) is 6.34. The number of aromatic nitrogens is 4. The van der Waals surface area contributed by atoms with Crippen molar-refractivity contribution in [2.45, 2.75) is 0 Å². The first-order valence-corrected chi connectivity index (χ1v) is 11.4. The van der Waals surface area contributed by atoms with Gasteiger partial charge in [0.25, 0.3) is 0 Å². The number of benzene rings is 4. The van der Waals surface area contributed by atoms with E-state index < -0.39 is 0 Å². The first-order valence-electron chi connectivity index (χ1n) is 11.4. The number of fused-ring (bicyclic) bond motifs is 5. The van der Waals surface area contributed by atoms with Crippen molar-refractivity contribution < 1.29 is 0 Å². The van der Waals surface area contributed by atoms with Gasteiger partial charge in [0.1, 0.15) is 5.52 Å². The van der Waals surface area contributed by atoms with E-state index in [1.807, 2.05) is 24.3 Å². The van der Waals surface area contributed by atoms with Crippen LogP contribution in [0.5, 0.6) is 0 Å². The fraction of sp³-hybridized carbons (Fsp3) is 0. The number of para-hydroxylation sites is 4. The molecule has 4 nitrogen and oxygen atoms in total. The van der Waals surface area contributed by atoms with Gasteiger partial charge in [-0.2, -0.15) is 0 Å². The molecule has 0 radical (unpaired) electrons. The molecule has 0 aliphatic carbocycles. The standard InChI is InChI=1S/C30H20N4/c1-3-11-21(12-4-1)24-16-10-17-25(31-24)23-15-9-20-28-29(23)32-30-33(22-13-5-2-6-14-22)26-18-7-8-19-27(26)34(28)30/h1-20H. The van der Waals surface area contributed by atoms with Crippen LogP contribution >= 0.6 is 0 Å². The molecule has 4 heteroatoms. The molecular weight excluding hydrogens is 416 g/mol. The SMILES string of the molecule is c1ccc(-c2cccc(-c3cccc4c3nc3n(-c5ccccc5)c5ccccc5n43)n2)cc1. The lowest BCUT2D eigenvalue weighted by molar-refractivity contribution is 1.11. The minimum Gasteiger partial charge on any atom is -0.278 e. The monoisotopic (exact) mass is 436 g/mol. The molecule has 7 rings (SSSR count). The van der Waals surface area contributed by atoms with Gasteiger partial charge in [0.05, 0.1) is 27.9 Å². The maximum absolute atomic E-state index is 5.19. The highest BCUT2D eigenvalue weighted by molar-refractivity contribution is 5.98. The van der Waals surface area contributed by atoms with Crippen molar-refractivity contribution in [2.24, 2.45) is 0 Å². The predicted octanol–water partition coefficient (Wildman–Crippen LogP) is 7.16. The van der Waals surface area contributed by atoms with Gasteiger partial charge in [0, 0.05) is 16.8 Å². The summed E-state index contributed by atoms with van der Waals surface area (Å²) in [4.78, 5) is 10.2. The molecule has 0 bridgehead atoms. The van der Waals surface area contributed by atoms with Crippen LogP contribution in [-0.2, 0) is 0 Å². The molecule has 34 heavy (non-hydrogen) atoms. The Morgan fingerprint density at radius 1 is 0.471 bits per heavy atom. The van der Waals surface area contributed by atoms with Gasteiger partial charge in [-0.3, -0.25) is 8.97 Å². The Morgan fingerprint density at radius 3 is 1.94 bits per heavy atom. The molecule has 0 fully saturated rings. The van der Waals surface area contributed by atoms with Crippen LogP contribution in [0.15, 0.2) is 121 Å². The van der Waals surface area contributed by atoms with Crippen molar-refractivity contribution in [1.82, 2.24) is 18.9 Å². The van der Waals surface area contributed by atoms with E-state index in [-0.39, 0.29) is 0 Å². The topological polar surface area (TPSA) is 35.1 Å². The second-order valence-electron chi connectivity index (χ2n) is 8.35. The van der Waals surface area contributed by atoms with Crippen LogP contribution < -0.4 is 0 Å². The largest absolute Gasteiger partial charge is 0.278 e. The maximum Gasteiger partial charge on any atom is 0.220 e.